The molecular formula is C11H8F2O. The molecular weight excluding hydrogens is 186 g/mol. The molecule has 1 aromatic rings. The molecule has 3 heteroatoms. The van der Waals surface area contributed by atoms with Gasteiger partial charge in [0.05, 0.1) is 0 Å². The summed E-state index contributed by atoms with van der Waals surface area (Å²) in [4.78, 5) is 11.0. The highest BCUT2D eigenvalue weighted by Crippen LogP contribution is 2.29. The fourth-order valence-corrected chi connectivity index (χ4v) is 1.59. The summed E-state index contributed by atoms with van der Waals surface area (Å²) < 4.78 is 26.4. The zero-order valence-corrected chi connectivity index (χ0v) is 7.60. The number of hydrogen-bond donors (Lipinski definition) is 0. The molecule has 0 radical (unpaired) electrons. The Balaban J connectivity index is 2.55. The van der Waals surface area contributed by atoms with Crippen LogP contribution < -0.4 is 0 Å². The lowest BCUT2D eigenvalue weighted by atomic mass is 10.1. The lowest BCUT2D eigenvalue weighted by molar-refractivity contribution is -0.113. The molecule has 0 fully saturated rings. The number of ketones is 1. The summed E-state index contributed by atoms with van der Waals surface area (Å²) >= 11 is 0. The van der Waals surface area contributed by atoms with Crippen molar-refractivity contribution in [3.8, 4) is 0 Å². The first-order valence-electron chi connectivity index (χ1n) is 4.28. The van der Waals surface area contributed by atoms with Gasteiger partial charge in [0.15, 0.2) is 5.78 Å². The Kier molecular flexibility index (Phi) is 1.95. The van der Waals surface area contributed by atoms with Crippen LogP contribution in [0.3, 0.4) is 0 Å². The van der Waals surface area contributed by atoms with E-state index in [4.69, 9.17) is 0 Å². The fourth-order valence-electron chi connectivity index (χ4n) is 1.59. The van der Waals surface area contributed by atoms with Crippen molar-refractivity contribution in [1.82, 2.24) is 0 Å². The molecule has 1 aliphatic carbocycles. The third-order valence-electron chi connectivity index (χ3n) is 2.38. The molecule has 1 aromatic carbocycles. The van der Waals surface area contributed by atoms with Gasteiger partial charge in [-0.15, -0.1) is 0 Å². The zero-order chi connectivity index (χ0) is 10.3. The predicted octanol–water partition coefficient (Wildman–Crippen LogP) is 2.49. The molecule has 0 saturated heterocycles. The second-order valence-corrected chi connectivity index (χ2v) is 3.32. The van der Waals surface area contributed by atoms with Crippen molar-refractivity contribution >= 4 is 11.9 Å². The first-order valence-corrected chi connectivity index (χ1v) is 4.28. The van der Waals surface area contributed by atoms with Crippen molar-refractivity contribution in [2.45, 2.75) is 13.3 Å². The number of allylic oxidation sites excluding steroid dienone is 1. The van der Waals surface area contributed by atoms with Gasteiger partial charge >= 0.3 is 0 Å². The van der Waals surface area contributed by atoms with Crippen LogP contribution in [0.4, 0.5) is 8.78 Å². The van der Waals surface area contributed by atoms with Gasteiger partial charge in [-0.3, -0.25) is 4.79 Å². The van der Waals surface area contributed by atoms with Crippen molar-refractivity contribution in [2.24, 2.45) is 0 Å². The van der Waals surface area contributed by atoms with Crippen LogP contribution in [-0.4, -0.2) is 5.78 Å². The second kappa shape index (κ2) is 3.01. The number of Topliss-reactive ketones (excluding diaryl/α,β-unsaturated/α-hetero) is 1. The largest absolute Gasteiger partial charge is 0.295 e. The molecule has 0 aromatic heterocycles. The Morgan fingerprint density at radius 2 is 1.93 bits per heavy atom. The average molecular weight is 194 g/mol. The highest BCUT2D eigenvalue weighted by atomic mass is 19.1. The van der Waals surface area contributed by atoms with E-state index < -0.39 is 11.6 Å². The van der Waals surface area contributed by atoms with Crippen molar-refractivity contribution in [3.63, 3.8) is 0 Å². The van der Waals surface area contributed by atoms with E-state index in [2.05, 4.69) is 0 Å². The first kappa shape index (κ1) is 9.06. The van der Waals surface area contributed by atoms with Crippen molar-refractivity contribution in [2.75, 3.05) is 0 Å². The van der Waals surface area contributed by atoms with Crippen molar-refractivity contribution < 1.29 is 13.6 Å². The SMILES string of the molecule is CC(=O)C1=Cc2c(F)ccc(F)c2C1. The van der Waals surface area contributed by atoms with E-state index in [-0.39, 0.29) is 23.3 Å². The minimum absolute atomic E-state index is 0.139. The van der Waals surface area contributed by atoms with Crippen LogP contribution in [0, 0.1) is 11.6 Å². The van der Waals surface area contributed by atoms with E-state index in [9.17, 15) is 13.6 Å². The van der Waals surface area contributed by atoms with E-state index in [0.717, 1.165) is 12.1 Å². The van der Waals surface area contributed by atoms with Crippen LogP contribution in [0.5, 0.6) is 0 Å². The van der Waals surface area contributed by atoms with Crippen LogP contribution in [0.2, 0.25) is 0 Å². The van der Waals surface area contributed by atoms with Crippen molar-refractivity contribution in [3.05, 3.63) is 40.5 Å². The standard InChI is InChI=1S/C11H8F2O/c1-6(14)7-4-8-9(5-7)11(13)3-2-10(8)12/h2-4H,5H2,1H3. The molecule has 0 spiro atoms. The molecule has 72 valence electrons. The summed E-state index contributed by atoms with van der Waals surface area (Å²) in [5.74, 6) is -1.06. The predicted molar refractivity (Wildman–Crippen MR) is 48.7 cm³/mol. The first-order chi connectivity index (χ1) is 6.59. The summed E-state index contributed by atoms with van der Waals surface area (Å²) in [5, 5.41) is 0. The molecule has 14 heavy (non-hydrogen) atoms. The molecule has 0 saturated carbocycles. The van der Waals surface area contributed by atoms with Gasteiger partial charge in [-0.1, -0.05) is 0 Å². The highest BCUT2D eigenvalue weighted by molar-refractivity contribution is 6.00. The van der Waals surface area contributed by atoms with Crippen LogP contribution in [0.15, 0.2) is 17.7 Å². The summed E-state index contributed by atoms with van der Waals surface area (Å²) in [5.41, 5.74) is 0.967. The van der Waals surface area contributed by atoms with Gasteiger partial charge in [-0.2, -0.15) is 0 Å². The number of carbonyl (C=O) groups excluding carboxylic acids is 1. The molecule has 0 aliphatic heterocycles. The molecule has 0 N–H and O–H groups in total. The van der Waals surface area contributed by atoms with Gasteiger partial charge in [0.1, 0.15) is 11.6 Å². The lowest BCUT2D eigenvalue weighted by Gasteiger charge is -2.00. The van der Waals surface area contributed by atoms with E-state index >= 15 is 0 Å². The molecule has 0 atom stereocenters. The summed E-state index contributed by atoms with van der Waals surface area (Å²) in [7, 11) is 0. The van der Waals surface area contributed by atoms with Crippen LogP contribution >= 0.6 is 0 Å². The molecule has 1 aliphatic rings. The molecule has 0 amide bonds. The number of fused-ring (bicyclic) bond motifs is 1. The van der Waals surface area contributed by atoms with E-state index in [1.54, 1.807) is 0 Å². The van der Waals surface area contributed by atoms with Gasteiger partial charge in [0.25, 0.3) is 0 Å². The average Bonchev–Trinajstić information content (AvgIpc) is 2.57. The van der Waals surface area contributed by atoms with Gasteiger partial charge in [0.2, 0.25) is 0 Å². The van der Waals surface area contributed by atoms with Crippen LogP contribution in [0.25, 0.3) is 6.08 Å². The number of benzene rings is 1. The maximum Gasteiger partial charge on any atom is 0.156 e. The second-order valence-electron chi connectivity index (χ2n) is 3.32. The Morgan fingerprint density at radius 3 is 2.50 bits per heavy atom. The van der Waals surface area contributed by atoms with E-state index in [1.807, 2.05) is 0 Å². The van der Waals surface area contributed by atoms with E-state index in [0.29, 0.717) is 5.57 Å². The van der Waals surface area contributed by atoms with Crippen molar-refractivity contribution in [1.29, 1.82) is 0 Å². The summed E-state index contributed by atoms with van der Waals surface area (Å²) in [6.45, 7) is 1.40. The van der Waals surface area contributed by atoms with Gasteiger partial charge in [-0.25, -0.2) is 8.78 Å². The molecule has 2 rings (SSSR count). The van der Waals surface area contributed by atoms with Gasteiger partial charge in [-0.05, 0) is 25.1 Å². The van der Waals surface area contributed by atoms with Crippen LogP contribution in [-0.2, 0) is 11.2 Å². The summed E-state index contributed by atoms with van der Waals surface area (Å²) in [6.07, 6.45) is 1.63. The van der Waals surface area contributed by atoms with Crippen LogP contribution in [0.1, 0.15) is 18.1 Å². The number of rotatable bonds is 1. The lowest BCUT2D eigenvalue weighted by Crippen LogP contribution is -1.97. The fraction of sp³-hybridized carbons (Fsp3) is 0.182. The Labute approximate surface area is 80.1 Å². The highest BCUT2D eigenvalue weighted by Gasteiger charge is 2.21. The Bertz CT molecular complexity index is 447. The number of carbonyl (C=O) groups is 1. The van der Waals surface area contributed by atoms with Gasteiger partial charge in [0, 0.05) is 23.1 Å². The minimum Gasteiger partial charge on any atom is -0.295 e. The third-order valence-corrected chi connectivity index (χ3v) is 2.38. The third kappa shape index (κ3) is 1.25. The quantitative estimate of drug-likeness (QED) is 0.671. The van der Waals surface area contributed by atoms with Gasteiger partial charge < -0.3 is 0 Å². The zero-order valence-electron chi connectivity index (χ0n) is 7.60. The topological polar surface area (TPSA) is 17.1 Å². The Hall–Kier alpha value is -1.51. The molecule has 1 nitrogen and oxygen atoms in total. The maximum atomic E-state index is 13.2. The minimum atomic E-state index is -0.474. The normalized spacial score (nSPS) is 13.8. The monoisotopic (exact) mass is 194 g/mol. The smallest absolute Gasteiger partial charge is 0.156 e. The maximum absolute atomic E-state index is 13.2. The molecule has 0 unspecified atom stereocenters. The summed E-state index contributed by atoms with van der Waals surface area (Å²) in [6, 6.07) is 2.17. The number of halogens is 2. The van der Waals surface area contributed by atoms with E-state index in [1.165, 1.54) is 13.0 Å². The molecule has 0 heterocycles. The Morgan fingerprint density at radius 1 is 1.29 bits per heavy atom. The number of hydrogen-bond acceptors (Lipinski definition) is 1. The molecule has 0 bridgehead atoms.